The van der Waals surface area contributed by atoms with Crippen LogP contribution in [-0.4, -0.2) is 4.98 Å². The van der Waals surface area contributed by atoms with Gasteiger partial charge in [0.15, 0.2) is 0 Å². The van der Waals surface area contributed by atoms with E-state index in [1.807, 2.05) is 0 Å². The maximum absolute atomic E-state index is 13.5. The molecule has 1 heterocycles. The highest BCUT2D eigenvalue weighted by molar-refractivity contribution is 6.17. The topological polar surface area (TPSA) is 12.9 Å². The summed E-state index contributed by atoms with van der Waals surface area (Å²) >= 11 is 5.64. The average Bonchev–Trinajstić information content (AvgIpc) is 2.29. The molecule has 0 atom stereocenters. The van der Waals surface area contributed by atoms with Crippen molar-refractivity contribution in [1.82, 2.24) is 4.98 Å². The highest BCUT2D eigenvalue weighted by atomic mass is 35.5. The third kappa shape index (κ3) is 2.04. The first-order valence-electron chi connectivity index (χ1n) is 4.66. The van der Waals surface area contributed by atoms with E-state index < -0.39 is 11.6 Å². The Bertz CT molecular complexity index is 494. The zero-order chi connectivity index (χ0) is 11.5. The van der Waals surface area contributed by atoms with E-state index in [0.717, 1.165) is 5.56 Å². The van der Waals surface area contributed by atoms with Gasteiger partial charge in [-0.15, -0.1) is 11.6 Å². The fourth-order valence-corrected chi connectivity index (χ4v) is 1.62. The Balaban J connectivity index is 2.58. The van der Waals surface area contributed by atoms with Crippen molar-refractivity contribution in [2.24, 2.45) is 0 Å². The van der Waals surface area contributed by atoms with Gasteiger partial charge in [-0.25, -0.2) is 8.78 Å². The second-order valence-electron chi connectivity index (χ2n) is 3.31. The van der Waals surface area contributed by atoms with Gasteiger partial charge in [0.05, 0.1) is 5.56 Å². The molecule has 0 saturated heterocycles. The highest BCUT2D eigenvalue weighted by Crippen LogP contribution is 2.26. The van der Waals surface area contributed by atoms with Gasteiger partial charge in [-0.1, -0.05) is 6.07 Å². The molecule has 82 valence electrons. The molecule has 0 radical (unpaired) electrons. The van der Waals surface area contributed by atoms with E-state index >= 15 is 0 Å². The van der Waals surface area contributed by atoms with E-state index in [4.69, 9.17) is 11.6 Å². The van der Waals surface area contributed by atoms with Crippen LogP contribution < -0.4 is 0 Å². The number of nitrogens with zero attached hydrogens (tertiary/aromatic N) is 1. The largest absolute Gasteiger partial charge is 0.264 e. The molecule has 1 aromatic carbocycles. The Morgan fingerprint density at radius 1 is 1.12 bits per heavy atom. The number of alkyl halides is 1. The zero-order valence-electron chi connectivity index (χ0n) is 8.25. The summed E-state index contributed by atoms with van der Waals surface area (Å²) in [4.78, 5) is 3.90. The normalized spacial score (nSPS) is 10.4. The summed E-state index contributed by atoms with van der Waals surface area (Å²) in [6.07, 6.45) is 2.98. The van der Waals surface area contributed by atoms with Crippen LogP contribution >= 0.6 is 11.6 Å². The van der Waals surface area contributed by atoms with E-state index in [0.29, 0.717) is 5.56 Å². The van der Waals surface area contributed by atoms with E-state index in [1.165, 1.54) is 24.4 Å². The van der Waals surface area contributed by atoms with Crippen molar-refractivity contribution in [2.45, 2.75) is 5.88 Å². The van der Waals surface area contributed by atoms with Crippen molar-refractivity contribution in [3.63, 3.8) is 0 Å². The summed E-state index contributed by atoms with van der Waals surface area (Å²) in [5.74, 6) is -0.946. The van der Waals surface area contributed by atoms with Crippen LogP contribution in [0.25, 0.3) is 11.1 Å². The van der Waals surface area contributed by atoms with Gasteiger partial charge in [-0.2, -0.15) is 0 Å². The first-order valence-corrected chi connectivity index (χ1v) is 5.20. The predicted molar refractivity (Wildman–Crippen MR) is 59.1 cm³/mol. The molecule has 0 N–H and O–H groups in total. The van der Waals surface area contributed by atoms with E-state index in [1.54, 1.807) is 12.3 Å². The number of hydrogen-bond acceptors (Lipinski definition) is 1. The Kier molecular flexibility index (Phi) is 3.15. The zero-order valence-corrected chi connectivity index (χ0v) is 9.01. The van der Waals surface area contributed by atoms with Gasteiger partial charge in [-0.05, 0) is 23.8 Å². The second kappa shape index (κ2) is 4.58. The van der Waals surface area contributed by atoms with Gasteiger partial charge in [0, 0.05) is 23.8 Å². The molecule has 2 rings (SSSR count). The Labute approximate surface area is 96.7 Å². The number of benzene rings is 1. The average molecular weight is 240 g/mol. The van der Waals surface area contributed by atoms with Gasteiger partial charge in [0.2, 0.25) is 0 Å². The lowest BCUT2D eigenvalue weighted by molar-refractivity contribution is 0.589. The van der Waals surface area contributed by atoms with Crippen molar-refractivity contribution in [2.75, 3.05) is 0 Å². The number of pyridine rings is 1. The SMILES string of the molecule is Fc1cccc(F)c1-c1cncc(CCl)c1. The molecule has 0 spiro atoms. The molecular formula is C12H8ClF2N. The van der Waals surface area contributed by atoms with Crippen LogP contribution in [0.2, 0.25) is 0 Å². The number of rotatable bonds is 2. The van der Waals surface area contributed by atoms with Gasteiger partial charge in [0.1, 0.15) is 11.6 Å². The lowest BCUT2D eigenvalue weighted by atomic mass is 10.1. The smallest absolute Gasteiger partial charge is 0.134 e. The van der Waals surface area contributed by atoms with Crippen LogP contribution in [0.4, 0.5) is 8.78 Å². The molecule has 0 amide bonds. The van der Waals surface area contributed by atoms with Crippen LogP contribution in [0.15, 0.2) is 36.7 Å². The van der Waals surface area contributed by atoms with E-state index in [9.17, 15) is 8.78 Å². The quantitative estimate of drug-likeness (QED) is 0.727. The molecule has 16 heavy (non-hydrogen) atoms. The monoisotopic (exact) mass is 239 g/mol. The molecule has 0 saturated carbocycles. The molecule has 1 aromatic heterocycles. The number of aromatic nitrogens is 1. The molecule has 0 aliphatic rings. The van der Waals surface area contributed by atoms with Gasteiger partial charge in [0.25, 0.3) is 0 Å². The summed E-state index contributed by atoms with van der Waals surface area (Å²) < 4.78 is 26.9. The van der Waals surface area contributed by atoms with Crippen molar-refractivity contribution in [3.05, 3.63) is 53.9 Å². The lowest BCUT2D eigenvalue weighted by Gasteiger charge is -2.05. The van der Waals surface area contributed by atoms with Crippen LogP contribution in [0.1, 0.15) is 5.56 Å². The maximum atomic E-state index is 13.5. The first kappa shape index (κ1) is 11.0. The van der Waals surface area contributed by atoms with E-state index in [-0.39, 0.29) is 11.4 Å². The van der Waals surface area contributed by atoms with Crippen LogP contribution in [0, 0.1) is 11.6 Å². The highest BCUT2D eigenvalue weighted by Gasteiger charge is 2.11. The molecule has 2 aromatic rings. The van der Waals surface area contributed by atoms with Crippen molar-refractivity contribution >= 4 is 11.6 Å². The van der Waals surface area contributed by atoms with Gasteiger partial charge in [-0.3, -0.25) is 4.98 Å². The Hall–Kier alpha value is -1.48. The molecule has 0 aliphatic heterocycles. The van der Waals surface area contributed by atoms with E-state index in [2.05, 4.69) is 4.98 Å². The minimum Gasteiger partial charge on any atom is -0.264 e. The summed E-state index contributed by atoms with van der Waals surface area (Å²) in [6, 6.07) is 5.38. The molecule has 0 bridgehead atoms. The molecule has 0 aliphatic carbocycles. The standard InChI is InChI=1S/C12H8ClF2N/c13-5-8-4-9(7-16-6-8)12-10(14)2-1-3-11(12)15/h1-4,6-7H,5H2. The Morgan fingerprint density at radius 3 is 2.44 bits per heavy atom. The number of hydrogen-bond donors (Lipinski definition) is 0. The maximum Gasteiger partial charge on any atom is 0.134 e. The van der Waals surface area contributed by atoms with Crippen LogP contribution in [0.5, 0.6) is 0 Å². The second-order valence-corrected chi connectivity index (χ2v) is 3.58. The molecule has 1 nitrogen and oxygen atoms in total. The summed E-state index contributed by atoms with van der Waals surface area (Å²) in [5.41, 5.74) is 1.05. The summed E-state index contributed by atoms with van der Waals surface area (Å²) in [6.45, 7) is 0. The molecule has 4 heteroatoms. The first-order chi connectivity index (χ1) is 7.72. The van der Waals surface area contributed by atoms with Crippen LogP contribution in [0.3, 0.4) is 0 Å². The van der Waals surface area contributed by atoms with Crippen molar-refractivity contribution in [3.8, 4) is 11.1 Å². The fraction of sp³-hybridized carbons (Fsp3) is 0.0833. The predicted octanol–water partition coefficient (Wildman–Crippen LogP) is 3.77. The Morgan fingerprint density at radius 2 is 1.81 bits per heavy atom. The van der Waals surface area contributed by atoms with Crippen molar-refractivity contribution in [1.29, 1.82) is 0 Å². The minimum atomic E-state index is -0.603. The minimum absolute atomic E-state index is 0.0676. The van der Waals surface area contributed by atoms with Crippen LogP contribution in [-0.2, 0) is 5.88 Å². The lowest BCUT2D eigenvalue weighted by Crippen LogP contribution is -1.91. The fourth-order valence-electron chi connectivity index (χ4n) is 1.47. The van der Waals surface area contributed by atoms with Gasteiger partial charge < -0.3 is 0 Å². The third-order valence-corrected chi connectivity index (χ3v) is 2.51. The number of halogens is 3. The molecule has 0 fully saturated rings. The van der Waals surface area contributed by atoms with Gasteiger partial charge >= 0.3 is 0 Å². The summed E-state index contributed by atoms with van der Waals surface area (Å²) in [7, 11) is 0. The third-order valence-electron chi connectivity index (χ3n) is 2.20. The van der Waals surface area contributed by atoms with Crippen molar-refractivity contribution < 1.29 is 8.78 Å². The summed E-state index contributed by atoms with van der Waals surface area (Å²) in [5, 5.41) is 0. The molecule has 0 unspecified atom stereocenters. The molecular weight excluding hydrogens is 232 g/mol.